The zero-order valence-corrected chi connectivity index (χ0v) is 7.67. The molecular weight excluding hydrogens is 136 g/mol. The highest BCUT2D eigenvalue weighted by Crippen LogP contribution is 2.32. The average molecular weight is 154 g/mol. The van der Waals surface area contributed by atoms with Crippen LogP contribution in [0.15, 0.2) is 12.2 Å². The maximum absolute atomic E-state index is 9.64. The maximum atomic E-state index is 9.64. The summed E-state index contributed by atoms with van der Waals surface area (Å²) in [6, 6.07) is 0. The Hall–Kier alpha value is -0.300. The van der Waals surface area contributed by atoms with Gasteiger partial charge in [-0.2, -0.15) is 0 Å². The van der Waals surface area contributed by atoms with E-state index in [2.05, 4.69) is 32.9 Å². The molecule has 0 saturated heterocycles. The Morgan fingerprint density at radius 3 is 2.73 bits per heavy atom. The highest BCUT2D eigenvalue weighted by molar-refractivity contribution is 4.98. The number of rotatable bonds is 0. The third-order valence-electron chi connectivity index (χ3n) is 2.48. The van der Waals surface area contributed by atoms with Crippen LogP contribution in [0.2, 0.25) is 0 Å². The van der Waals surface area contributed by atoms with Crippen LogP contribution in [0.4, 0.5) is 0 Å². The zero-order valence-electron chi connectivity index (χ0n) is 7.67. The Kier molecular flexibility index (Phi) is 2.38. The van der Waals surface area contributed by atoms with Crippen LogP contribution in [0, 0.1) is 11.3 Å². The summed E-state index contributed by atoms with van der Waals surface area (Å²) < 4.78 is 0. The molecule has 0 aromatic rings. The second-order valence-electron chi connectivity index (χ2n) is 4.43. The summed E-state index contributed by atoms with van der Waals surface area (Å²) in [5, 5.41) is 9.64. The van der Waals surface area contributed by atoms with E-state index in [4.69, 9.17) is 0 Å². The molecule has 2 atom stereocenters. The van der Waals surface area contributed by atoms with Gasteiger partial charge in [0.05, 0.1) is 6.10 Å². The lowest BCUT2D eigenvalue weighted by Crippen LogP contribution is -2.22. The molecule has 11 heavy (non-hydrogen) atoms. The van der Waals surface area contributed by atoms with Crippen molar-refractivity contribution in [3.05, 3.63) is 12.2 Å². The van der Waals surface area contributed by atoms with Crippen LogP contribution >= 0.6 is 0 Å². The lowest BCUT2D eigenvalue weighted by atomic mass is 9.83. The van der Waals surface area contributed by atoms with Crippen molar-refractivity contribution in [2.75, 3.05) is 0 Å². The molecule has 0 amide bonds. The van der Waals surface area contributed by atoms with Crippen molar-refractivity contribution >= 4 is 0 Å². The van der Waals surface area contributed by atoms with Gasteiger partial charge in [0.15, 0.2) is 0 Å². The summed E-state index contributed by atoms with van der Waals surface area (Å²) in [7, 11) is 0. The van der Waals surface area contributed by atoms with Crippen LogP contribution in [-0.2, 0) is 0 Å². The van der Waals surface area contributed by atoms with Crippen molar-refractivity contribution in [1.82, 2.24) is 0 Å². The Bertz CT molecular complexity index is 158. The largest absolute Gasteiger partial charge is 0.393 e. The van der Waals surface area contributed by atoms with Gasteiger partial charge >= 0.3 is 0 Å². The molecule has 1 heteroatoms. The highest BCUT2D eigenvalue weighted by atomic mass is 16.3. The van der Waals surface area contributed by atoms with Crippen molar-refractivity contribution in [2.24, 2.45) is 11.3 Å². The van der Waals surface area contributed by atoms with Crippen LogP contribution in [-0.4, -0.2) is 11.2 Å². The molecule has 64 valence electrons. The van der Waals surface area contributed by atoms with Gasteiger partial charge in [-0.1, -0.05) is 32.9 Å². The predicted octanol–water partition coefficient (Wildman–Crippen LogP) is 2.36. The average Bonchev–Trinajstić information content (AvgIpc) is 1.93. The molecule has 0 spiro atoms. The fourth-order valence-electron chi connectivity index (χ4n) is 1.57. The SMILES string of the molecule is CC1C=CCC(C)(C)CC1O. The Balaban J connectivity index is 2.66. The minimum absolute atomic E-state index is 0.149. The fraction of sp³-hybridized carbons (Fsp3) is 0.800. The van der Waals surface area contributed by atoms with Gasteiger partial charge in [0.25, 0.3) is 0 Å². The van der Waals surface area contributed by atoms with Gasteiger partial charge in [-0.15, -0.1) is 0 Å². The van der Waals surface area contributed by atoms with Crippen LogP contribution in [0.1, 0.15) is 33.6 Å². The number of hydrogen-bond donors (Lipinski definition) is 1. The number of allylic oxidation sites excluding steroid dienone is 1. The minimum atomic E-state index is -0.149. The van der Waals surface area contributed by atoms with E-state index < -0.39 is 0 Å². The van der Waals surface area contributed by atoms with E-state index in [-0.39, 0.29) is 11.5 Å². The number of aliphatic hydroxyl groups excluding tert-OH is 1. The predicted molar refractivity (Wildman–Crippen MR) is 47.3 cm³/mol. The van der Waals surface area contributed by atoms with Crippen molar-refractivity contribution in [3.8, 4) is 0 Å². The van der Waals surface area contributed by atoms with E-state index in [0.717, 1.165) is 12.8 Å². The van der Waals surface area contributed by atoms with Crippen molar-refractivity contribution in [3.63, 3.8) is 0 Å². The molecule has 1 aliphatic rings. The lowest BCUT2D eigenvalue weighted by Gasteiger charge is -2.25. The summed E-state index contributed by atoms with van der Waals surface area (Å²) >= 11 is 0. The smallest absolute Gasteiger partial charge is 0.0605 e. The molecule has 1 nitrogen and oxygen atoms in total. The minimum Gasteiger partial charge on any atom is -0.393 e. The van der Waals surface area contributed by atoms with Crippen LogP contribution in [0.25, 0.3) is 0 Å². The number of hydrogen-bond acceptors (Lipinski definition) is 1. The molecule has 1 rings (SSSR count). The van der Waals surface area contributed by atoms with E-state index in [0.29, 0.717) is 5.92 Å². The third kappa shape index (κ3) is 2.33. The second-order valence-corrected chi connectivity index (χ2v) is 4.43. The molecule has 0 radical (unpaired) electrons. The molecule has 1 N–H and O–H groups in total. The summed E-state index contributed by atoms with van der Waals surface area (Å²) in [5.74, 6) is 0.330. The molecular formula is C10H18O. The first-order valence-corrected chi connectivity index (χ1v) is 4.36. The third-order valence-corrected chi connectivity index (χ3v) is 2.48. The van der Waals surface area contributed by atoms with Gasteiger partial charge in [-0.05, 0) is 24.2 Å². The Morgan fingerprint density at radius 1 is 1.45 bits per heavy atom. The first-order chi connectivity index (χ1) is 5.01. The van der Waals surface area contributed by atoms with E-state index in [1.54, 1.807) is 0 Å². The Labute approximate surface area is 69.1 Å². The fourth-order valence-corrected chi connectivity index (χ4v) is 1.57. The standard InChI is InChI=1S/C10H18O/c1-8-5-4-6-10(2,3)7-9(8)11/h4-5,8-9,11H,6-7H2,1-3H3. The Morgan fingerprint density at radius 2 is 2.09 bits per heavy atom. The van der Waals surface area contributed by atoms with E-state index in [1.807, 2.05) is 0 Å². The normalized spacial score (nSPS) is 36.7. The molecule has 0 fully saturated rings. The molecule has 0 aromatic heterocycles. The molecule has 2 unspecified atom stereocenters. The van der Waals surface area contributed by atoms with Crippen molar-refractivity contribution < 1.29 is 5.11 Å². The van der Waals surface area contributed by atoms with Gasteiger partial charge in [-0.3, -0.25) is 0 Å². The second kappa shape index (κ2) is 2.98. The topological polar surface area (TPSA) is 20.2 Å². The molecule has 0 saturated carbocycles. The monoisotopic (exact) mass is 154 g/mol. The van der Waals surface area contributed by atoms with E-state index >= 15 is 0 Å². The maximum Gasteiger partial charge on any atom is 0.0605 e. The van der Waals surface area contributed by atoms with Gasteiger partial charge < -0.3 is 5.11 Å². The van der Waals surface area contributed by atoms with Crippen LogP contribution in [0.5, 0.6) is 0 Å². The highest BCUT2D eigenvalue weighted by Gasteiger charge is 2.25. The summed E-state index contributed by atoms with van der Waals surface area (Å²) in [4.78, 5) is 0. The molecule has 0 aromatic carbocycles. The summed E-state index contributed by atoms with van der Waals surface area (Å²) in [6.45, 7) is 6.49. The summed E-state index contributed by atoms with van der Waals surface area (Å²) in [6.07, 6.45) is 6.18. The van der Waals surface area contributed by atoms with Crippen molar-refractivity contribution in [2.45, 2.75) is 39.7 Å². The quantitative estimate of drug-likeness (QED) is 0.531. The summed E-state index contributed by atoms with van der Waals surface area (Å²) in [5.41, 5.74) is 0.278. The van der Waals surface area contributed by atoms with Gasteiger partial charge in [-0.25, -0.2) is 0 Å². The lowest BCUT2D eigenvalue weighted by molar-refractivity contribution is 0.0903. The molecule has 0 bridgehead atoms. The van der Waals surface area contributed by atoms with Crippen LogP contribution in [0.3, 0.4) is 0 Å². The van der Waals surface area contributed by atoms with Crippen LogP contribution < -0.4 is 0 Å². The van der Waals surface area contributed by atoms with Gasteiger partial charge in [0.2, 0.25) is 0 Å². The molecule has 0 heterocycles. The molecule has 1 aliphatic carbocycles. The number of aliphatic hydroxyl groups is 1. The first-order valence-electron chi connectivity index (χ1n) is 4.36. The van der Waals surface area contributed by atoms with E-state index in [9.17, 15) is 5.11 Å². The zero-order chi connectivity index (χ0) is 8.48. The van der Waals surface area contributed by atoms with Gasteiger partial charge in [0.1, 0.15) is 0 Å². The first kappa shape index (κ1) is 8.79. The molecule has 0 aliphatic heterocycles. The van der Waals surface area contributed by atoms with Crippen molar-refractivity contribution in [1.29, 1.82) is 0 Å². The van der Waals surface area contributed by atoms with Gasteiger partial charge in [0, 0.05) is 0 Å². The van der Waals surface area contributed by atoms with E-state index in [1.165, 1.54) is 0 Å².